The standard InChI is InChI=1S/C25H32N2O/c1-19(2)26-14-16-27(17-15-26)22-10-8-20(9-11-22)24-7-5-4-6-21-18-23(28-3)12-13-25(21)24/h7-13,18-19H,4-6,14-17H2,1-3H3. The highest BCUT2D eigenvalue weighted by atomic mass is 16.5. The van der Waals surface area contributed by atoms with Crippen LogP contribution in [0.1, 0.15) is 43.4 Å². The van der Waals surface area contributed by atoms with Gasteiger partial charge < -0.3 is 9.64 Å². The number of benzene rings is 2. The molecule has 1 aliphatic carbocycles. The van der Waals surface area contributed by atoms with Crippen LogP contribution < -0.4 is 9.64 Å². The van der Waals surface area contributed by atoms with E-state index < -0.39 is 0 Å². The Kier molecular flexibility index (Phi) is 5.72. The van der Waals surface area contributed by atoms with Gasteiger partial charge in [-0.15, -0.1) is 0 Å². The molecule has 0 bridgehead atoms. The predicted octanol–water partition coefficient (Wildman–Crippen LogP) is 4.99. The molecular formula is C25H32N2O. The molecule has 4 rings (SSSR count). The van der Waals surface area contributed by atoms with Gasteiger partial charge in [0.2, 0.25) is 0 Å². The third-order valence-corrected chi connectivity index (χ3v) is 6.19. The van der Waals surface area contributed by atoms with E-state index in [1.807, 2.05) is 0 Å². The van der Waals surface area contributed by atoms with Crippen molar-refractivity contribution in [1.82, 2.24) is 4.90 Å². The summed E-state index contributed by atoms with van der Waals surface area (Å²) >= 11 is 0. The topological polar surface area (TPSA) is 15.7 Å². The zero-order chi connectivity index (χ0) is 19.5. The molecule has 0 aromatic heterocycles. The van der Waals surface area contributed by atoms with Crippen LogP contribution >= 0.6 is 0 Å². The van der Waals surface area contributed by atoms with Crippen LogP contribution in [-0.4, -0.2) is 44.2 Å². The molecular weight excluding hydrogens is 344 g/mol. The van der Waals surface area contributed by atoms with Gasteiger partial charge in [-0.1, -0.05) is 24.3 Å². The first kappa shape index (κ1) is 19.1. The Morgan fingerprint density at radius 3 is 2.36 bits per heavy atom. The minimum Gasteiger partial charge on any atom is -0.497 e. The zero-order valence-electron chi connectivity index (χ0n) is 17.4. The van der Waals surface area contributed by atoms with Crippen molar-refractivity contribution < 1.29 is 4.74 Å². The number of fused-ring (bicyclic) bond motifs is 1. The Morgan fingerprint density at radius 1 is 0.929 bits per heavy atom. The third-order valence-electron chi connectivity index (χ3n) is 6.19. The number of aryl methyl sites for hydroxylation is 1. The van der Waals surface area contributed by atoms with Crippen molar-refractivity contribution in [2.75, 3.05) is 38.2 Å². The molecule has 3 nitrogen and oxygen atoms in total. The van der Waals surface area contributed by atoms with Gasteiger partial charge in [-0.3, -0.25) is 4.90 Å². The Morgan fingerprint density at radius 2 is 1.68 bits per heavy atom. The number of methoxy groups -OCH3 is 1. The van der Waals surface area contributed by atoms with E-state index in [4.69, 9.17) is 4.74 Å². The number of hydrogen-bond acceptors (Lipinski definition) is 3. The van der Waals surface area contributed by atoms with Gasteiger partial charge in [0.05, 0.1) is 7.11 Å². The second kappa shape index (κ2) is 8.40. The third kappa shape index (κ3) is 3.95. The fraction of sp³-hybridized carbons (Fsp3) is 0.440. The molecule has 1 aliphatic heterocycles. The van der Waals surface area contributed by atoms with E-state index >= 15 is 0 Å². The summed E-state index contributed by atoms with van der Waals surface area (Å²) in [6.07, 6.45) is 5.85. The van der Waals surface area contributed by atoms with Crippen LogP contribution in [-0.2, 0) is 6.42 Å². The van der Waals surface area contributed by atoms with E-state index in [1.165, 1.54) is 34.4 Å². The highest BCUT2D eigenvalue weighted by Gasteiger charge is 2.19. The maximum atomic E-state index is 5.44. The van der Waals surface area contributed by atoms with Crippen LogP contribution in [0.3, 0.4) is 0 Å². The Bertz CT molecular complexity index is 830. The summed E-state index contributed by atoms with van der Waals surface area (Å²) in [7, 11) is 1.74. The van der Waals surface area contributed by atoms with E-state index in [9.17, 15) is 0 Å². The van der Waals surface area contributed by atoms with Gasteiger partial charge in [-0.25, -0.2) is 0 Å². The molecule has 2 aromatic rings. The summed E-state index contributed by atoms with van der Waals surface area (Å²) in [6.45, 7) is 9.11. The lowest BCUT2D eigenvalue weighted by molar-refractivity contribution is 0.209. The summed E-state index contributed by atoms with van der Waals surface area (Å²) in [4.78, 5) is 5.08. The molecule has 1 saturated heterocycles. The maximum absolute atomic E-state index is 5.44. The summed E-state index contributed by atoms with van der Waals surface area (Å²) in [5.74, 6) is 0.955. The largest absolute Gasteiger partial charge is 0.497 e. The molecule has 0 radical (unpaired) electrons. The number of allylic oxidation sites excluding steroid dienone is 1. The number of ether oxygens (including phenoxy) is 1. The molecule has 1 heterocycles. The maximum Gasteiger partial charge on any atom is 0.119 e. The quantitative estimate of drug-likeness (QED) is 0.747. The predicted molar refractivity (Wildman–Crippen MR) is 118 cm³/mol. The summed E-state index contributed by atoms with van der Waals surface area (Å²) in [5.41, 5.74) is 6.79. The van der Waals surface area contributed by atoms with Gasteiger partial charge in [0.15, 0.2) is 0 Å². The lowest BCUT2D eigenvalue weighted by Crippen LogP contribution is -2.48. The van der Waals surface area contributed by atoms with Gasteiger partial charge in [-0.05, 0) is 79.6 Å². The van der Waals surface area contributed by atoms with Crippen LogP contribution in [0.15, 0.2) is 48.5 Å². The van der Waals surface area contributed by atoms with Crippen molar-refractivity contribution in [2.45, 2.75) is 39.2 Å². The highest BCUT2D eigenvalue weighted by Crippen LogP contribution is 2.34. The van der Waals surface area contributed by atoms with E-state index in [2.05, 4.69) is 72.2 Å². The van der Waals surface area contributed by atoms with E-state index in [0.29, 0.717) is 6.04 Å². The van der Waals surface area contributed by atoms with Crippen molar-refractivity contribution in [2.24, 2.45) is 0 Å². The van der Waals surface area contributed by atoms with Gasteiger partial charge >= 0.3 is 0 Å². The molecule has 0 N–H and O–H groups in total. The summed E-state index contributed by atoms with van der Waals surface area (Å²) < 4.78 is 5.44. The van der Waals surface area contributed by atoms with E-state index in [0.717, 1.165) is 44.8 Å². The van der Waals surface area contributed by atoms with E-state index in [1.54, 1.807) is 7.11 Å². The number of piperazine rings is 1. The van der Waals surface area contributed by atoms with Crippen molar-refractivity contribution in [1.29, 1.82) is 0 Å². The number of nitrogens with zero attached hydrogens (tertiary/aromatic N) is 2. The summed E-state index contributed by atoms with van der Waals surface area (Å²) in [5, 5.41) is 0. The minimum absolute atomic E-state index is 0.644. The number of rotatable bonds is 4. The first-order chi connectivity index (χ1) is 13.7. The van der Waals surface area contributed by atoms with Crippen LogP contribution in [0.5, 0.6) is 5.75 Å². The lowest BCUT2D eigenvalue weighted by Gasteiger charge is -2.38. The fourth-order valence-corrected chi connectivity index (χ4v) is 4.44. The smallest absolute Gasteiger partial charge is 0.119 e. The number of anilines is 1. The van der Waals surface area contributed by atoms with Crippen molar-refractivity contribution in [3.8, 4) is 5.75 Å². The minimum atomic E-state index is 0.644. The normalized spacial score (nSPS) is 17.9. The summed E-state index contributed by atoms with van der Waals surface area (Å²) in [6, 6.07) is 16.4. The lowest BCUT2D eigenvalue weighted by atomic mass is 9.93. The van der Waals surface area contributed by atoms with Crippen molar-refractivity contribution in [3.05, 3.63) is 65.2 Å². The monoisotopic (exact) mass is 376 g/mol. The Balaban J connectivity index is 1.54. The molecule has 1 fully saturated rings. The first-order valence-electron chi connectivity index (χ1n) is 10.6. The van der Waals surface area contributed by atoms with Crippen molar-refractivity contribution in [3.63, 3.8) is 0 Å². The van der Waals surface area contributed by atoms with Crippen LogP contribution in [0, 0.1) is 0 Å². The molecule has 148 valence electrons. The van der Waals surface area contributed by atoms with E-state index in [-0.39, 0.29) is 0 Å². The second-order valence-corrected chi connectivity index (χ2v) is 8.20. The average Bonchev–Trinajstić information content (AvgIpc) is 2.95. The average molecular weight is 377 g/mol. The van der Waals surface area contributed by atoms with Crippen LogP contribution in [0.25, 0.3) is 5.57 Å². The molecule has 0 atom stereocenters. The molecule has 0 saturated carbocycles. The van der Waals surface area contributed by atoms with Gasteiger partial charge in [-0.2, -0.15) is 0 Å². The first-order valence-corrected chi connectivity index (χ1v) is 10.6. The molecule has 0 unspecified atom stereocenters. The fourth-order valence-electron chi connectivity index (χ4n) is 4.44. The SMILES string of the molecule is COc1ccc2c(c1)CCCC=C2c1ccc(N2CCN(C(C)C)CC2)cc1. The van der Waals surface area contributed by atoms with Gasteiger partial charge in [0, 0.05) is 37.9 Å². The Hall–Kier alpha value is -2.26. The van der Waals surface area contributed by atoms with Crippen molar-refractivity contribution >= 4 is 11.3 Å². The molecule has 0 spiro atoms. The van der Waals surface area contributed by atoms with Crippen LogP contribution in [0.2, 0.25) is 0 Å². The molecule has 28 heavy (non-hydrogen) atoms. The second-order valence-electron chi connectivity index (χ2n) is 8.20. The van der Waals surface area contributed by atoms with Gasteiger partial charge in [0.25, 0.3) is 0 Å². The van der Waals surface area contributed by atoms with Crippen LogP contribution in [0.4, 0.5) is 5.69 Å². The molecule has 0 amide bonds. The Labute approximate surface area is 169 Å². The van der Waals surface area contributed by atoms with Gasteiger partial charge in [0.1, 0.15) is 5.75 Å². The number of hydrogen-bond donors (Lipinski definition) is 0. The molecule has 2 aromatic carbocycles. The highest BCUT2D eigenvalue weighted by molar-refractivity contribution is 5.82. The molecule has 2 aliphatic rings. The molecule has 3 heteroatoms. The zero-order valence-corrected chi connectivity index (χ0v) is 17.4.